The molecule has 0 radical (unpaired) electrons. The summed E-state index contributed by atoms with van der Waals surface area (Å²) < 4.78 is 39.4. The van der Waals surface area contributed by atoms with Crippen LogP contribution >= 0.6 is 0 Å². The summed E-state index contributed by atoms with van der Waals surface area (Å²) in [6, 6.07) is 4.37. The van der Waals surface area contributed by atoms with Gasteiger partial charge < -0.3 is 19.1 Å². The molecule has 13 nitrogen and oxygen atoms in total. The molecule has 0 fully saturated rings. The van der Waals surface area contributed by atoms with Gasteiger partial charge >= 0.3 is 23.4 Å². The summed E-state index contributed by atoms with van der Waals surface area (Å²) in [5.41, 5.74) is -0.0842. The number of esters is 1. The SMILES string of the molecule is CCOC(=O)COc1nc(S(C)(=O)=O)nc(Oc2cc(C)cc(C(=O)N(C)C)c2)c1[N+](=O)[O-]. The fourth-order valence-corrected chi connectivity index (χ4v) is 3.02. The van der Waals surface area contributed by atoms with Crippen LogP contribution in [0.2, 0.25) is 0 Å². The molecule has 1 amide bonds. The number of rotatable bonds is 9. The van der Waals surface area contributed by atoms with Crippen LogP contribution in [0.4, 0.5) is 5.69 Å². The summed E-state index contributed by atoms with van der Waals surface area (Å²) >= 11 is 0. The van der Waals surface area contributed by atoms with Crippen molar-refractivity contribution in [3.63, 3.8) is 0 Å². The van der Waals surface area contributed by atoms with Crippen molar-refractivity contribution in [2.24, 2.45) is 0 Å². The van der Waals surface area contributed by atoms with E-state index in [1.807, 2.05) is 0 Å². The fourth-order valence-electron chi connectivity index (χ4n) is 2.52. The molecule has 0 saturated carbocycles. The highest BCUT2D eigenvalue weighted by Crippen LogP contribution is 2.37. The van der Waals surface area contributed by atoms with Crippen LogP contribution in [-0.2, 0) is 19.4 Å². The predicted octanol–water partition coefficient (Wildman–Crippen LogP) is 1.53. The van der Waals surface area contributed by atoms with Crippen LogP contribution in [-0.4, -0.2) is 73.7 Å². The first-order valence-electron chi connectivity index (χ1n) is 9.39. The number of nitrogens with zero attached hydrogens (tertiary/aromatic N) is 4. The van der Waals surface area contributed by atoms with Crippen molar-refractivity contribution in [2.75, 3.05) is 33.6 Å². The summed E-state index contributed by atoms with van der Waals surface area (Å²) in [6.45, 7) is 2.50. The van der Waals surface area contributed by atoms with Gasteiger partial charge in [0, 0.05) is 25.9 Å². The lowest BCUT2D eigenvalue weighted by molar-refractivity contribution is -0.387. The van der Waals surface area contributed by atoms with Crippen molar-refractivity contribution in [1.82, 2.24) is 14.9 Å². The number of carbonyl (C=O) groups excluding carboxylic acids is 2. The van der Waals surface area contributed by atoms with E-state index in [0.29, 0.717) is 5.56 Å². The van der Waals surface area contributed by atoms with E-state index in [2.05, 4.69) is 9.97 Å². The molecule has 0 aliphatic rings. The molecule has 178 valence electrons. The minimum atomic E-state index is -4.05. The van der Waals surface area contributed by atoms with E-state index in [-0.39, 0.29) is 23.8 Å². The minimum absolute atomic E-state index is 0.0159. The maximum atomic E-state index is 12.3. The molecule has 0 atom stereocenters. The van der Waals surface area contributed by atoms with Gasteiger partial charge in [-0.15, -0.1) is 0 Å². The normalized spacial score (nSPS) is 10.9. The first kappa shape index (κ1) is 25.5. The van der Waals surface area contributed by atoms with E-state index < -0.39 is 49.9 Å². The number of aryl methyl sites for hydroxylation is 1. The number of benzene rings is 1. The lowest BCUT2D eigenvalue weighted by Crippen LogP contribution is -2.21. The van der Waals surface area contributed by atoms with Crippen LogP contribution in [0, 0.1) is 17.0 Å². The molecule has 0 unspecified atom stereocenters. The summed E-state index contributed by atoms with van der Waals surface area (Å²) in [7, 11) is -0.959. The Morgan fingerprint density at radius 2 is 1.79 bits per heavy atom. The second kappa shape index (κ2) is 10.2. The molecule has 1 aromatic heterocycles. The van der Waals surface area contributed by atoms with Crippen molar-refractivity contribution in [2.45, 2.75) is 19.0 Å². The van der Waals surface area contributed by atoms with E-state index >= 15 is 0 Å². The number of amides is 1. The van der Waals surface area contributed by atoms with Crippen molar-refractivity contribution in [3.05, 3.63) is 39.4 Å². The van der Waals surface area contributed by atoms with E-state index in [1.54, 1.807) is 34.0 Å². The van der Waals surface area contributed by atoms with Crippen molar-refractivity contribution in [1.29, 1.82) is 0 Å². The van der Waals surface area contributed by atoms with E-state index in [9.17, 15) is 28.1 Å². The molecule has 0 aliphatic heterocycles. The van der Waals surface area contributed by atoms with Crippen LogP contribution in [0.25, 0.3) is 0 Å². The molecule has 2 rings (SSSR count). The Kier molecular flexibility index (Phi) is 7.87. The zero-order valence-corrected chi connectivity index (χ0v) is 19.3. The third-order valence-corrected chi connectivity index (χ3v) is 4.71. The van der Waals surface area contributed by atoms with Gasteiger partial charge in [-0.3, -0.25) is 14.9 Å². The van der Waals surface area contributed by atoms with Crippen LogP contribution in [0.15, 0.2) is 23.4 Å². The zero-order valence-electron chi connectivity index (χ0n) is 18.5. The molecule has 0 N–H and O–H groups in total. The molecule has 0 spiro atoms. The Hall–Kier alpha value is -3.81. The van der Waals surface area contributed by atoms with Gasteiger partial charge in [0.2, 0.25) is 9.84 Å². The third-order valence-electron chi connectivity index (χ3n) is 3.86. The van der Waals surface area contributed by atoms with Crippen LogP contribution in [0.3, 0.4) is 0 Å². The molecule has 1 heterocycles. The summed E-state index contributed by atoms with van der Waals surface area (Å²) in [6.07, 6.45) is 0.785. The van der Waals surface area contributed by atoms with Gasteiger partial charge in [-0.2, -0.15) is 9.97 Å². The topological polar surface area (TPSA) is 168 Å². The quantitative estimate of drug-likeness (QED) is 0.220. The third kappa shape index (κ3) is 6.58. The Labute approximate surface area is 189 Å². The molecule has 1 aromatic carbocycles. The second-order valence-electron chi connectivity index (χ2n) is 6.92. The maximum Gasteiger partial charge on any atom is 0.392 e. The minimum Gasteiger partial charge on any atom is -0.463 e. The molecule has 14 heteroatoms. The highest BCUT2D eigenvalue weighted by atomic mass is 32.2. The van der Waals surface area contributed by atoms with E-state index in [4.69, 9.17) is 14.2 Å². The maximum absolute atomic E-state index is 12.3. The number of ether oxygens (including phenoxy) is 3. The molecule has 33 heavy (non-hydrogen) atoms. The molecular weight excluding hydrogens is 460 g/mol. The first-order chi connectivity index (χ1) is 15.3. The lowest BCUT2D eigenvalue weighted by atomic mass is 10.1. The number of carbonyl (C=O) groups is 2. The fraction of sp³-hybridized carbons (Fsp3) is 0.368. The molecule has 0 bridgehead atoms. The molecule has 2 aromatic rings. The summed E-state index contributed by atoms with van der Waals surface area (Å²) in [4.78, 5) is 43.3. The van der Waals surface area contributed by atoms with Gasteiger partial charge in [-0.25, -0.2) is 13.2 Å². The number of nitro groups is 1. The Morgan fingerprint density at radius 3 is 2.33 bits per heavy atom. The smallest absolute Gasteiger partial charge is 0.392 e. The zero-order chi connectivity index (χ0) is 24.9. The monoisotopic (exact) mass is 482 g/mol. The van der Waals surface area contributed by atoms with Crippen molar-refractivity contribution < 1.29 is 37.1 Å². The van der Waals surface area contributed by atoms with Crippen molar-refractivity contribution >= 4 is 27.4 Å². The second-order valence-corrected chi connectivity index (χ2v) is 8.83. The first-order valence-corrected chi connectivity index (χ1v) is 11.3. The number of hydrogen-bond acceptors (Lipinski definition) is 11. The Bertz CT molecular complexity index is 1200. The Balaban J connectivity index is 2.62. The highest BCUT2D eigenvalue weighted by molar-refractivity contribution is 7.90. The molecule has 0 aliphatic carbocycles. The van der Waals surface area contributed by atoms with Crippen LogP contribution in [0.5, 0.6) is 17.5 Å². The van der Waals surface area contributed by atoms with Gasteiger partial charge in [0.05, 0.1) is 11.5 Å². The van der Waals surface area contributed by atoms with Crippen LogP contribution < -0.4 is 9.47 Å². The number of sulfone groups is 1. The van der Waals surface area contributed by atoms with E-state index in [1.165, 1.54) is 17.0 Å². The standard InChI is InChI=1S/C19H22N4O9S/c1-6-30-14(24)10-31-16-15(23(26)27)17(21-19(20-16)33(5,28)29)32-13-8-11(2)7-12(9-13)18(25)22(3)4/h7-9H,6,10H2,1-5H3. The van der Waals surface area contributed by atoms with Gasteiger partial charge in [-0.05, 0) is 37.6 Å². The van der Waals surface area contributed by atoms with Gasteiger partial charge in [0.1, 0.15) is 5.75 Å². The summed E-state index contributed by atoms with van der Waals surface area (Å²) in [5.74, 6) is -2.76. The van der Waals surface area contributed by atoms with E-state index in [0.717, 1.165) is 6.26 Å². The lowest BCUT2D eigenvalue weighted by Gasteiger charge is -2.13. The van der Waals surface area contributed by atoms with Gasteiger partial charge in [-0.1, -0.05) is 0 Å². The molecular formula is C19H22N4O9S. The predicted molar refractivity (Wildman–Crippen MR) is 113 cm³/mol. The Morgan fingerprint density at radius 1 is 1.15 bits per heavy atom. The number of hydrogen-bond donors (Lipinski definition) is 0. The molecule has 0 saturated heterocycles. The number of aromatic nitrogens is 2. The average Bonchev–Trinajstić information content (AvgIpc) is 2.70. The van der Waals surface area contributed by atoms with Crippen molar-refractivity contribution in [3.8, 4) is 17.5 Å². The van der Waals surface area contributed by atoms with Gasteiger partial charge in [0.15, 0.2) is 6.61 Å². The average molecular weight is 482 g/mol. The largest absolute Gasteiger partial charge is 0.463 e. The highest BCUT2D eigenvalue weighted by Gasteiger charge is 2.32. The van der Waals surface area contributed by atoms with Crippen LogP contribution in [0.1, 0.15) is 22.8 Å². The van der Waals surface area contributed by atoms with Gasteiger partial charge in [0.25, 0.3) is 11.1 Å². The summed E-state index contributed by atoms with van der Waals surface area (Å²) in [5, 5.41) is 10.9.